The molecule has 0 N–H and O–H groups in total. The molecule has 5 nitrogen and oxygen atoms in total. The lowest BCUT2D eigenvalue weighted by molar-refractivity contribution is -0.384. The monoisotopic (exact) mass is 220 g/mol. The molecule has 0 spiro atoms. The fraction of sp³-hybridized carbons (Fsp3) is 0.364. The predicted molar refractivity (Wildman–Crippen MR) is 61.0 cm³/mol. The molecule has 0 aliphatic rings. The van der Waals surface area contributed by atoms with Crippen LogP contribution in [0, 0.1) is 10.1 Å². The maximum Gasteiger partial charge on any atom is 0.318 e. The first kappa shape index (κ1) is 12.1. The highest BCUT2D eigenvalue weighted by molar-refractivity contribution is 5.78. The predicted octanol–water partition coefficient (Wildman–Crippen LogP) is 3.15. The Morgan fingerprint density at radius 3 is 2.31 bits per heavy atom. The molecule has 0 aliphatic heterocycles. The van der Waals surface area contributed by atoms with Gasteiger partial charge in [0.25, 0.3) is 5.69 Å². The second-order valence-corrected chi connectivity index (χ2v) is 3.25. The molecule has 0 saturated carbocycles. The van der Waals surface area contributed by atoms with Crippen LogP contribution in [0.2, 0.25) is 0 Å². The Bertz CT molecular complexity index is 425. The lowest BCUT2D eigenvalue weighted by Crippen LogP contribution is -1.93. The second kappa shape index (κ2) is 5.78. The molecular formula is C11H14N3O2+. The maximum absolute atomic E-state index is 10.4. The Balaban J connectivity index is 2.91. The number of rotatable bonds is 4. The standard InChI is InChI=1S/C11H14N3O2/c1-3-9(4-2)12-13-10-5-7-11(8-6-10)14(15)16/h5-8H,3-4H2,1-2H3/q+1. The van der Waals surface area contributed by atoms with Gasteiger partial charge in [0, 0.05) is 25.0 Å². The SMILES string of the molecule is CCC(CC)=[N+]=Nc1ccc([N+](=O)[O-])cc1. The van der Waals surface area contributed by atoms with Gasteiger partial charge >= 0.3 is 5.71 Å². The second-order valence-electron chi connectivity index (χ2n) is 3.25. The highest BCUT2D eigenvalue weighted by Crippen LogP contribution is 2.16. The van der Waals surface area contributed by atoms with E-state index in [4.69, 9.17) is 0 Å². The lowest BCUT2D eigenvalue weighted by Gasteiger charge is -1.87. The summed E-state index contributed by atoms with van der Waals surface area (Å²) in [5.74, 6) is 0. The molecule has 0 bridgehead atoms. The first-order valence-corrected chi connectivity index (χ1v) is 5.18. The van der Waals surface area contributed by atoms with Crippen LogP contribution in [0.15, 0.2) is 29.4 Å². The van der Waals surface area contributed by atoms with Gasteiger partial charge in [-0.15, -0.1) is 0 Å². The van der Waals surface area contributed by atoms with Crippen molar-refractivity contribution in [2.45, 2.75) is 26.7 Å². The maximum atomic E-state index is 10.4. The lowest BCUT2D eigenvalue weighted by atomic mass is 10.2. The van der Waals surface area contributed by atoms with Crippen molar-refractivity contribution in [2.24, 2.45) is 5.11 Å². The van der Waals surface area contributed by atoms with Gasteiger partial charge in [-0.05, 0) is 12.1 Å². The summed E-state index contributed by atoms with van der Waals surface area (Å²) in [4.78, 5) is 14.1. The molecule has 1 aromatic rings. The van der Waals surface area contributed by atoms with Gasteiger partial charge in [0.1, 0.15) is 10.8 Å². The van der Waals surface area contributed by atoms with E-state index in [0.717, 1.165) is 18.6 Å². The third-order valence-corrected chi connectivity index (χ3v) is 2.18. The van der Waals surface area contributed by atoms with Crippen LogP contribution >= 0.6 is 0 Å². The molecular weight excluding hydrogens is 206 g/mol. The van der Waals surface area contributed by atoms with Gasteiger partial charge in [-0.3, -0.25) is 10.1 Å². The van der Waals surface area contributed by atoms with E-state index in [1.165, 1.54) is 12.1 Å². The Hall–Kier alpha value is -2.00. The quantitative estimate of drug-likeness (QED) is 0.257. The van der Waals surface area contributed by atoms with E-state index in [-0.39, 0.29) is 5.69 Å². The summed E-state index contributed by atoms with van der Waals surface area (Å²) < 4.78 is 0. The number of nitro benzene ring substituents is 1. The molecule has 0 aliphatic carbocycles. The summed E-state index contributed by atoms with van der Waals surface area (Å²) in [5.41, 5.74) is 1.71. The Kier molecular flexibility index (Phi) is 4.36. The van der Waals surface area contributed by atoms with Crippen molar-refractivity contribution in [3.05, 3.63) is 34.4 Å². The average molecular weight is 220 g/mol. The molecule has 0 amide bonds. The van der Waals surface area contributed by atoms with Gasteiger partial charge in [0.05, 0.1) is 9.71 Å². The highest BCUT2D eigenvalue weighted by atomic mass is 16.6. The van der Waals surface area contributed by atoms with E-state index >= 15 is 0 Å². The van der Waals surface area contributed by atoms with Crippen molar-refractivity contribution in [1.82, 2.24) is 0 Å². The summed E-state index contributed by atoms with van der Waals surface area (Å²) >= 11 is 0. The zero-order valence-electron chi connectivity index (χ0n) is 9.38. The topological polar surface area (TPSA) is 69.6 Å². The van der Waals surface area contributed by atoms with Gasteiger partial charge in [0.2, 0.25) is 0 Å². The molecule has 0 saturated heterocycles. The van der Waals surface area contributed by atoms with Crippen molar-refractivity contribution in [3.8, 4) is 0 Å². The Morgan fingerprint density at radius 1 is 1.31 bits per heavy atom. The normalized spacial score (nSPS) is 9.38. The fourth-order valence-corrected chi connectivity index (χ4v) is 1.16. The van der Waals surface area contributed by atoms with Crippen LogP contribution in [0.4, 0.5) is 11.4 Å². The van der Waals surface area contributed by atoms with Crippen LogP contribution in [-0.4, -0.2) is 15.4 Å². The molecule has 0 heterocycles. The molecule has 0 aromatic heterocycles. The summed E-state index contributed by atoms with van der Waals surface area (Å²) in [5, 5.41) is 14.4. The fourth-order valence-electron chi connectivity index (χ4n) is 1.16. The van der Waals surface area contributed by atoms with Gasteiger partial charge in [-0.1, -0.05) is 13.8 Å². The van der Waals surface area contributed by atoms with Crippen LogP contribution in [0.1, 0.15) is 26.7 Å². The molecule has 16 heavy (non-hydrogen) atoms. The van der Waals surface area contributed by atoms with Gasteiger partial charge < -0.3 is 0 Å². The Labute approximate surface area is 93.7 Å². The van der Waals surface area contributed by atoms with Crippen molar-refractivity contribution in [1.29, 1.82) is 0 Å². The van der Waals surface area contributed by atoms with Crippen LogP contribution in [-0.2, 0) is 0 Å². The minimum absolute atomic E-state index is 0.0640. The zero-order valence-corrected chi connectivity index (χ0v) is 9.38. The largest absolute Gasteiger partial charge is 0.318 e. The smallest absolute Gasteiger partial charge is 0.258 e. The summed E-state index contributed by atoms with van der Waals surface area (Å²) in [6.45, 7) is 4.04. The van der Waals surface area contributed by atoms with E-state index in [2.05, 4.69) is 9.90 Å². The third kappa shape index (κ3) is 3.29. The number of nitro groups is 1. The van der Waals surface area contributed by atoms with E-state index in [1.807, 2.05) is 13.8 Å². The molecule has 5 heteroatoms. The van der Waals surface area contributed by atoms with Crippen LogP contribution in [0.25, 0.3) is 0 Å². The van der Waals surface area contributed by atoms with Crippen molar-refractivity contribution in [2.75, 3.05) is 0 Å². The number of nitrogens with zero attached hydrogens (tertiary/aromatic N) is 3. The molecule has 0 atom stereocenters. The number of hydrogen-bond acceptors (Lipinski definition) is 3. The minimum Gasteiger partial charge on any atom is -0.258 e. The van der Waals surface area contributed by atoms with Crippen LogP contribution < -0.4 is 0 Å². The van der Waals surface area contributed by atoms with E-state index in [0.29, 0.717) is 5.69 Å². The van der Waals surface area contributed by atoms with Crippen molar-refractivity contribution in [3.63, 3.8) is 0 Å². The molecule has 1 rings (SSSR count). The van der Waals surface area contributed by atoms with Gasteiger partial charge in [0.15, 0.2) is 0 Å². The summed E-state index contributed by atoms with van der Waals surface area (Å²) in [6.07, 6.45) is 1.74. The summed E-state index contributed by atoms with van der Waals surface area (Å²) in [6, 6.07) is 6.02. The molecule has 0 unspecified atom stereocenters. The van der Waals surface area contributed by atoms with Gasteiger partial charge in [-0.25, -0.2) is 0 Å². The third-order valence-electron chi connectivity index (χ3n) is 2.18. The van der Waals surface area contributed by atoms with Gasteiger partial charge in [-0.2, -0.15) is 0 Å². The van der Waals surface area contributed by atoms with Crippen molar-refractivity contribution < 1.29 is 9.71 Å². The highest BCUT2D eigenvalue weighted by Gasteiger charge is 2.06. The van der Waals surface area contributed by atoms with Crippen molar-refractivity contribution >= 4 is 17.1 Å². The first-order chi connectivity index (χ1) is 7.67. The van der Waals surface area contributed by atoms with Crippen LogP contribution in [0.3, 0.4) is 0 Å². The first-order valence-electron chi connectivity index (χ1n) is 5.18. The number of benzene rings is 1. The molecule has 84 valence electrons. The minimum atomic E-state index is -0.434. The average Bonchev–Trinajstić information content (AvgIpc) is 2.31. The number of non-ortho nitro benzene ring substituents is 1. The molecule has 0 radical (unpaired) electrons. The Morgan fingerprint density at radius 2 is 1.88 bits per heavy atom. The van der Waals surface area contributed by atoms with E-state index < -0.39 is 4.92 Å². The molecule has 0 fully saturated rings. The van der Waals surface area contributed by atoms with E-state index in [9.17, 15) is 10.1 Å². The van der Waals surface area contributed by atoms with Crippen LogP contribution in [0.5, 0.6) is 0 Å². The zero-order chi connectivity index (χ0) is 12.0. The molecule has 1 aromatic carbocycles. The number of hydrogen-bond donors (Lipinski definition) is 0. The van der Waals surface area contributed by atoms with E-state index in [1.54, 1.807) is 12.1 Å². The summed E-state index contributed by atoms with van der Waals surface area (Å²) in [7, 11) is 0.